The molecule has 2 saturated heterocycles. The summed E-state index contributed by atoms with van der Waals surface area (Å²) in [7, 11) is 0. The third-order valence-corrected chi connectivity index (χ3v) is 5.65. The Morgan fingerprint density at radius 2 is 2.08 bits per heavy atom. The van der Waals surface area contributed by atoms with Crippen LogP contribution >= 0.6 is 0 Å². The van der Waals surface area contributed by atoms with Crippen LogP contribution in [0.15, 0.2) is 30.3 Å². The molecule has 3 heterocycles. The normalized spacial score (nSPS) is 23.3. The van der Waals surface area contributed by atoms with Gasteiger partial charge in [0.05, 0.1) is 18.4 Å². The number of aromatic nitrogens is 2. The fourth-order valence-corrected chi connectivity index (χ4v) is 4.10. The maximum atomic E-state index is 4.76. The minimum Gasteiger partial charge on any atom is -0.312 e. The van der Waals surface area contributed by atoms with Crippen LogP contribution in [-0.4, -0.2) is 47.1 Å². The van der Waals surface area contributed by atoms with Gasteiger partial charge in [0.2, 0.25) is 0 Å². The number of benzene rings is 1. The van der Waals surface area contributed by atoms with Crippen LogP contribution in [0, 0.1) is 19.8 Å². The van der Waals surface area contributed by atoms with E-state index < -0.39 is 0 Å². The topological polar surface area (TPSA) is 57.2 Å². The molecule has 3 N–H and O–H groups in total. The summed E-state index contributed by atoms with van der Waals surface area (Å²) in [5.41, 5.74) is 8.50. The van der Waals surface area contributed by atoms with E-state index in [-0.39, 0.29) is 0 Å². The number of hydrogen-bond donors (Lipinski definition) is 3. The molecule has 2 fully saturated rings. The van der Waals surface area contributed by atoms with Gasteiger partial charge in [-0.3, -0.25) is 10.1 Å². The van der Waals surface area contributed by atoms with Gasteiger partial charge in [0, 0.05) is 44.0 Å². The number of aryl methyl sites for hydroxylation is 1. The summed E-state index contributed by atoms with van der Waals surface area (Å²) < 4.78 is 2.13. The summed E-state index contributed by atoms with van der Waals surface area (Å²) in [4.78, 5) is 0. The molecule has 26 heavy (non-hydrogen) atoms. The van der Waals surface area contributed by atoms with E-state index in [2.05, 4.69) is 69.9 Å². The third-order valence-electron chi connectivity index (χ3n) is 5.65. The van der Waals surface area contributed by atoms with Crippen molar-refractivity contribution in [3.05, 3.63) is 52.8 Å². The summed E-state index contributed by atoms with van der Waals surface area (Å²) in [6.07, 6.45) is 1.74. The first-order chi connectivity index (χ1) is 12.7. The zero-order chi connectivity index (χ0) is 17.9. The van der Waals surface area contributed by atoms with Crippen molar-refractivity contribution in [3.8, 4) is 0 Å². The fourth-order valence-electron chi connectivity index (χ4n) is 4.10. The number of fused-ring (bicyclic) bond motifs is 1. The van der Waals surface area contributed by atoms with Crippen molar-refractivity contribution in [3.63, 3.8) is 0 Å². The predicted molar refractivity (Wildman–Crippen MR) is 104 cm³/mol. The Morgan fingerprint density at radius 3 is 2.92 bits per heavy atom. The van der Waals surface area contributed by atoms with E-state index >= 15 is 0 Å². The fraction of sp³-hybridized carbons (Fsp3) is 0.550. The molecule has 0 bridgehead atoms. The Labute approximate surface area is 155 Å². The molecular weight excluding hydrogens is 324 g/mol. The Morgan fingerprint density at radius 1 is 1.23 bits per heavy atom. The lowest BCUT2D eigenvalue weighted by molar-refractivity contribution is 0.0904. The Kier molecular flexibility index (Phi) is 5.36. The van der Waals surface area contributed by atoms with Crippen LogP contribution in [0.3, 0.4) is 0 Å². The molecule has 1 aromatic carbocycles. The van der Waals surface area contributed by atoms with E-state index in [4.69, 9.17) is 5.10 Å². The minimum atomic E-state index is 0.534. The molecule has 0 saturated carbocycles. The first-order valence-electron chi connectivity index (χ1n) is 9.72. The molecule has 2 aliphatic heterocycles. The van der Waals surface area contributed by atoms with E-state index in [0.29, 0.717) is 12.1 Å². The van der Waals surface area contributed by atoms with Crippen molar-refractivity contribution >= 4 is 0 Å². The van der Waals surface area contributed by atoms with E-state index in [0.717, 1.165) is 45.0 Å². The van der Waals surface area contributed by atoms with Gasteiger partial charge in [0.15, 0.2) is 0 Å². The zero-order valence-corrected chi connectivity index (χ0v) is 15.8. The number of nitrogens with one attached hydrogen (secondary N) is 3. The first kappa shape index (κ1) is 17.7. The second kappa shape index (κ2) is 7.88. The molecule has 0 amide bonds. The zero-order valence-electron chi connectivity index (χ0n) is 15.8. The van der Waals surface area contributed by atoms with Crippen molar-refractivity contribution in [2.45, 2.75) is 39.5 Å². The average molecular weight is 355 g/mol. The maximum Gasteiger partial charge on any atom is 0.0745 e. The number of hydrogen-bond acceptors (Lipinski definition) is 5. The molecule has 6 nitrogen and oxygen atoms in total. The van der Waals surface area contributed by atoms with Crippen LogP contribution in [-0.2, 0) is 13.1 Å². The first-order valence-corrected chi connectivity index (χ1v) is 9.72. The Bertz CT molecular complexity index is 725. The smallest absolute Gasteiger partial charge is 0.0745 e. The van der Waals surface area contributed by atoms with Gasteiger partial charge in [-0.2, -0.15) is 5.10 Å². The van der Waals surface area contributed by atoms with E-state index in [1.165, 1.54) is 23.2 Å². The van der Waals surface area contributed by atoms with E-state index in [1.54, 1.807) is 0 Å². The van der Waals surface area contributed by atoms with Crippen molar-refractivity contribution in [2.75, 3.05) is 26.2 Å². The second-order valence-electron chi connectivity index (χ2n) is 7.56. The molecular formula is C20H30N6. The third kappa shape index (κ3) is 3.83. The summed E-state index contributed by atoms with van der Waals surface area (Å²) in [6, 6.07) is 10.5. The van der Waals surface area contributed by atoms with Crippen molar-refractivity contribution in [1.82, 2.24) is 30.8 Å². The summed E-state index contributed by atoms with van der Waals surface area (Å²) in [5, 5.41) is 14.4. The van der Waals surface area contributed by atoms with E-state index in [9.17, 15) is 0 Å². The molecule has 0 radical (unpaired) electrons. The molecule has 2 aromatic rings. The van der Waals surface area contributed by atoms with Gasteiger partial charge >= 0.3 is 0 Å². The highest BCUT2D eigenvalue weighted by Crippen LogP contribution is 2.16. The quantitative estimate of drug-likeness (QED) is 0.732. The van der Waals surface area contributed by atoms with Crippen molar-refractivity contribution in [1.29, 1.82) is 0 Å². The standard InChI is InChI=1S/C20H30N6/c1-15-19(16(2)25(24-15)13-17-6-4-3-5-7-17)12-21-10-18-11-22-20-8-9-23-26(20)14-18/h3-7,18,20-23H,8-14H2,1-2H3. The van der Waals surface area contributed by atoms with Crippen LogP contribution in [0.2, 0.25) is 0 Å². The Balaban J connectivity index is 1.32. The van der Waals surface area contributed by atoms with Gasteiger partial charge < -0.3 is 10.6 Å². The maximum absolute atomic E-state index is 4.76. The minimum absolute atomic E-state index is 0.534. The van der Waals surface area contributed by atoms with Gasteiger partial charge in [-0.05, 0) is 31.7 Å². The lowest BCUT2D eigenvalue weighted by Gasteiger charge is -2.35. The van der Waals surface area contributed by atoms with Crippen LogP contribution in [0.5, 0.6) is 0 Å². The second-order valence-corrected chi connectivity index (χ2v) is 7.56. The molecule has 2 aliphatic rings. The van der Waals surface area contributed by atoms with Gasteiger partial charge in [0.25, 0.3) is 0 Å². The summed E-state index contributed by atoms with van der Waals surface area (Å²) in [5.74, 6) is 0.636. The van der Waals surface area contributed by atoms with Gasteiger partial charge in [-0.15, -0.1) is 0 Å². The molecule has 1 aromatic heterocycles. The van der Waals surface area contributed by atoms with Crippen LogP contribution in [0.4, 0.5) is 0 Å². The Hall–Kier alpha value is -1.73. The molecule has 140 valence electrons. The van der Waals surface area contributed by atoms with Crippen LogP contribution < -0.4 is 16.1 Å². The lowest BCUT2D eigenvalue weighted by Crippen LogP contribution is -2.56. The van der Waals surface area contributed by atoms with E-state index in [1.807, 2.05) is 0 Å². The predicted octanol–water partition coefficient (Wildman–Crippen LogP) is 1.39. The molecule has 0 aliphatic carbocycles. The number of nitrogens with zero attached hydrogens (tertiary/aromatic N) is 3. The van der Waals surface area contributed by atoms with Crippen LogP contribution in [0.25, 0.3) is 0 Å². The van der Waals surface area contributed by atoms with Gasteiger partial charge in [0.1, 0.15) is 0 Å². The molecule has 2 atom stereocenters. The highest BCUT2D eigenvalue weighted by molar-refractivity contribution is 5.26. The number of rotatable bonds is 6. The van der Waals surface area contributed by atoms with Gasteiger partial charge in [-0.25, -0.2) is 5.01 Å². The summed E-state index contributed by atoms with van der Waals surface area (Å²) in [6.45, 7) is 10.4. The molecule has 0 spiro atoms. The van der Waals surface area contributed by atoms with Gasteiger partial charge in [-0.1, -0.05) is 30.3 Å². The molecule has 2 unspecified atom stereocenters. The van der Waals surface area contributed by atoms with Crippen LogP contribution in [0.1, 0.15) is 28.9 Å². The highest BCUT2D eigenvalue weighted by atomic mass is 15.6. The summed E-state index contributed by atoms with van der Waals surface area (Å²) >= 11 is 0. The average Bonchev–Trinajstić information content (AvgIpc) is 3.22. The molecule has 6 heteroatoms. The highest BCUT2D eigenvalue weighted by Gasteiger charge is 2.30. The number of hydrazine groups is 1. The monoisotopic (exact) mass is 354 g/mol. The largest absolute Gasteiger partial charge is 0.312 e. The lowest BCUT2D eigenvalue weighted by atomic mass is 10.1. The molecule has 4 rings (SSSR count). The SMILES string of the molecule is Cc1nn(Cc2ccccc2)c(C)c1CNCC1CNC2CCNN2C1. The van der Waals surface area contributed by atoms with Crippen molar-refractivity contribution < 1.29 is 0 Å². The van der Waals surface area contributed by atoms with Crippen molar-refractivity contribution in [2.24, 2.45) is 5.92 Å².